The van der Waals surface area contributed by atoms with Crippen molar-refractivity contribution in [1.29, 1.82) is 0 Å². The molecule has 8 heteroatoms. The predicted molar refractivity (Wildman–Crippen MR) is 84.3 cm³/mol. The van der Waals surface area contributed by atoms with Gasteiger partial charge in [0.15, 0.2) is 0 Å². The Labute approximate surface area is 135 Å². The molecule has 1 aliphatic rings. The SMILES string of the molecule is CS(=O)(=O)O[C@@H]1CN[C@@H](C(=O)N[C@H](C=O)Cc2ccccc2)C1. The Morgan fingerprint density at radius 3 is 2.74 bits per heavy atom. The van der Waals surface area contributed by atoms with Gasteiger partial charge in [-0.25, -0.2) is 0 Å². The van der Waals surface area contributed by atoms with Gasteiger partial charge in [0.1, 0.15) is 6.29 Å². The molecule has 2 rings (SSSR count). The largest absolute Gasteiger partial charge is 0.345 e. The van der Waals surface area contributed by atoms with Crippen LogP contribution in [0.3, 0.4) is 0 Å². The monoisotopic (exact) mass is 340 g/mol. The minimum Gasteiger partial charge on any atom is -0.345 e. The first-order valence-electron chi connectivity index (χ1n) is 7.28. The lowest BCUT2D eigenvalue weighted by Crippen LogP contribution is -2.46. The standard InChI is InChI=1S/C15H20N2O5S/c1-23(20,21)22-13-8-14(16-9-13)15(19)17-12(10-18)7-11-5-3-2-4-6-11/h2-6,10,12-14,16H,7-9H2,1H3,(H,17,19)/t12-,13-,14+/m0/s1. The van der Waals surface area contributed by atoms with E-state index in [1.165, 1.54) is 0 Å². The summed E-state index contributed by atoms with van der Waals surface area (Å²) >= 11 is 0. The molecule has 1 amide bonds. The number of carbonyl (C=O) groups is 2. The average Bonchev–Trinajstić information content (AvgIpc) is 2.94. The fraction of sp³-hybridized carbons (Fsp3) is 0.467. The first kappa shape index (κ1) is 17.6. The molecule has 0 bridgehead atoms. The van der Waals surface area contributed by atoms with Crippen molar-refractivity contribution < 1.29 is 22.2 Å². The van der Waals surface area contributed by atoms with Gasteiger partial charge in [-0.05, 0) is 12.0 Å². The molecule has 3 atom stereocenters. The average molecular weight is 340 g/mol. The first-order valence-corrected chi connectivity index (χ1v) is 9.10. The highest BCUT2D eigenvalue weighted by molar-refractivity contribution is 7.86. The number of hydrogen-bond acceptors (Lipinski definition) is 6. The minimum atomic E-state index is -3.55. The van der Waals surface area contributed by atoms with Crippen LogP contribution in [0.5, 0.6) is 0 Å². The second-order valence-electron chi connectivity index (χ2n) is 5.56. The van der Waals surface area contributed by atoms with Crippen LogP contribution < -0.4 is 10.6 Å². The molecule has 1 aliphatic heterocycles. The van der Waals surface area contributed by atoms with Crippen molar-refractivity contribution in [2.75, 3.05) is 12.8 Å². The van der Waals surface area contributed by atoms with Crippen molar-refractivity contribution in [3.63, 3.8) is 0 Å². The number of carbonyl (C=O) groups excluding carboxylic acids is 2. The summed E-state index contributed by atoms with van der Waals surface area (Å²) in [5, 5.41) is 5.57. The highest BCUT2D eigenvalue weighted by atomic mass is 32.2. The normalized spacial score (nSPS) is 22.5. The number of rotatable bonds is 7. The van der Waals surface area contributed by atoms with Crippen LogP contribution in [0.1, 0.15) is 12.0 Å². The maximum Gasteiger partial charge on any atom is 0.264 e. The van der Waals surface area contributed by atoms with E-state index in [1.807, 2.05) is 30.3 Å². The van der Waals surface area contributed by atoms with E-state index in [0.717, 1.165) is 11.8 Å². The summed E-state index contributed by atoms with van der Waals surface area (Å²) in [7, 11) is -3.55. The molecule has 0 saturated carbocycles. The third kappa shape index (κ3) is 5.74. The van der Waals surface area contributed by atoms with Gasteiger partial charge in [0.05, 0.1) is 24.4 Å². The van der Waals surface area contributed by atoms with Gasteiger partial charge in [-0.3, -0.25) is 8.98 Å². The van der Waals surface area contributed by atoms with Crippen LogP contribution in [0.4, 0.5) is 0 Å². The fourth-order valence-electron chi connectivity index (χ4n) is 2.51. The van der Waals surface area contributed by atoms with Crippen LogP contribution in [0.25, 0.3) is 0 Å². The van der Waals surface area contributed by atoms with Crippen LogP contribution in [0.2, 0.25) is 0 Å². The van der Waals surface area contributed by atoms with Gasteiger partial charge >= 0.3 is 0 Å². The molecule has 23 heavy (non-hydrogen) atoms. The Hall–Kier alpha value is -1.77. The maximum atomic E-state index is 12.2. The zero-order valence-corrected chi connectivity index (χ0v) is 13.6. The number of aldehydes is 1. The van der Waals surface area contributed by atoms with Gasteiger partial charge in [0.2, 0.25) is 5.91 Å². The molecule has 1 fully saturated rings. The minimum absolute atomic E-state index is 0.246. The lowest BCUT2D eigenvalue weighted by Gasteiger charge is -2.16. The third-order valence-corrected chi connectivity index (χ3v) is 4.13. The van der Waals surface area contributed by atoms with Gasteiger partial charge in [0.25, 0.3) is 10.1 Å². The Kier molecular flexibility index (Phi) is 5.86. The van der Waals surface area contributed by atoms with Crippen molar-refractivity contribution in [2.24, 2.45) is 0 Å². The van der Waals surface area contributed by atoms with Crippen molar-refractivity contribution in [3.8, 4) is 0 Å². The summed E-state index contributed by atoms with van der Waals surface area (Å²) in [6, 6.07) is 8.18. The number of benzene rings is 1. The Bertz CT molecular complexity index is 647. The second kappa shape index (κ2) is 7.67. The summed E-state index contributed by atoms with van der Waals surface area (Å²) in [5.74, 6) is -0.336. The molecule has 0 aliphatic carbocycles. The van der Waals surface area contributed by atoms with E-state index in [1.54, 1.807) is 0 Å². The number of nitrogens with one attached hydrogen (secondary N) is 2. The molecule has 126 valence electrons. The Morgan fingerprint density at radius 2 is 2.13 bits per heavy atom. The van der Waals surface area contributed by atoms with Gasteiger partial charge in [-0.2, -0.15) is 8.42 Å². The fourth-order valence-corrected chi connectivity index (χ4v) is 3.15. The van der Waals surface area contributed by atoms with Gasteiger partial charge in [0, 0.05) is 13.0 Å². The van der Waals surface area contributed by atoms with E-state index >= 15 is 0 Å². The Balaban J connectivity index is 1.87. The first-order chi connectivity index (χ1) is 10.9. The van der Waals surface area contributed by atoms with Gasteiger partial charge in [-0.1, -0.05) is 30.3 Å². The van der Waals surface area contributed by atoms with Crippen molar-refractivity contribution >= 4 is 22.3 Å². The van der Waals surface area contributed by atoms with Crippen LogP contribution in [-0.2, 0) is 30.3 Å². The molecule has 2 N–H and O–H groups in total. The lowest BCUT2D eigenvalue weighted by molar-refractivity contribution is -0.125. The van der Waals surface area contributed by atoms with Crippen LogP contribution in [0, 0.1) is 0 Å². The number of amides is 1. The van der Waals surface area contributed by atoms with E-state index in [9.17, 15) is 18.0 Å². The molecule has 1 heterocycles. The zero-order valence-electron chi connectivity index (χ0n) is 12.8. The smallest absolute Gasteiger partial charge is 0.264 e. The van der Waals surface area contributed by atoms with E-state index in [4.69, 9.17) is 4.18 Å². The van der Waals surface area contributed by atoms with Crippen LogP contribution in [0.15, 0.2) is 30.3 Å². The highest BCUT2D eigenvalue weighted by Crippen LogP contribution is 2.13. The number of hydrogen-bond donors (Lipinski definition) is 2. The predicted octanol–water partition coefficient (Wildman–Crippen LogP) is -0.380. The summed E-state index contributed by atoms with van der Waals surface area (Å²) < 4.78 is 27.1. The van der Waals surface area contributed by atoms with E-state index in [0.29, 0.717) is 12.7 Å². The molecule has 1 aromatic carbocycles. The molecule has 0 radical (unpaired) electrons. The van der Waals surface area contributed by atoms with E-state index in [2.05, 4.69) is 10.6 Å². The molecule has 0 unspecified atom stereocenters. The quantitative estimate of drug-likeness (QED) is 0.518. The zero-order chi connectivity index (χ0) is 16.9. The van der Waals surface area contributed by atoms with Crippen molar-refractivity contribution in [2.45, 2.75) is 31.0 Å². The van der Waals surface area contributed by atoms with Gasteiger partial charge in [-0.15, -0.1) is 0 Å². The molecular formula is C15H20N2O5S. The highest BCUT2D eigenvalue weighted by Gasteiger charge is 2.32. The third-order valence-electron chi connectivity index (χ3n) is 3.51. The second-order valence-corrected chi connectivity index (χ2v) is 7.16. The van der Waals surface area contributed by atoms with Crippen molar-refractivity contribution in [3.05, 3.63) is 35.9 Å². The van der Waals surface area contributed by atoms with Crippen LogP contribution in [-0.4, -0.2) is 51.6 Å². The summed E-state index contributed by atoms with van der Waals surface area (Å²) in [6.45, 7) is 0.273. The summed E-state index contributed by atoms with van der Waals surface area (Å²) in [4.78, 5) is 23.4. The maximum absolute atomic E-state index is 12.2. The summed E-state index contributed by atoms with van der Waals surface area (Å²) in [5.41, 5.74) is 0.947. The van der Waals surface area contributed by atoms with Crippen molar-refractivity contribution in [1.82, 2.24) is 10.6 Å². The van der Waals surface area contributed by atoms with E-state index < -0.39 is 28.3 Å². The molecular weight excluding hydrogens is 320 g/mol. The topological polar surface area (TPSA) is 102 Å². The Morgan fingerprint density at radius 1 is 1.43 bits per heavy atom. The van der Waals surface area contributed by atoms with E-state index in [-0.39, 0.29) is 18.9 Å². The van der Waals surface area contributed by atoms with Gasteiger partial charge < -0.3 is 15.4 Å². The molecule has 0 spiro atoms. The molecule has 1 saturated heterocycles. The summed E-state index contributed by atoms with van der Waals surface area (Å²) in [6.07, 6.45) is 1.76. The van der Waals surface area contributed by atoms with Crippen LogP contribution >= 0.6 is 0 Å². The molecule has 7 nitrogen and oxygen atoms in total. The lowest BCUT2D eigenvalue weighted by atomic mass is 10.1. The molecule has 1 aromatic rings. The molecule has 0 aromatic heterocycles.